The summed E-state index contributed by atoms with van der Waals surface area (Å²) in [6.07, 6.45) is 6.26. The first-order valence-corrected chi connectivity index (χ1v) is 17.7. The summed E-state index contributed by atoms with van der Waals surface area (Å²) in [4.78, 5) is 58.9. The van der Waals surface area contributed by atoms with Crippen molar-refractivity contribution >= 4 is 45.3 Å². The number of allylic oxidation sites excluding steroid dienone is 2. The first-order chi connectivity index (χ1) is 25.1. The standard InChI is InChI=1S/C40H42N6O6/c1-43-21-41-19-25(43)15-23-17-31(37-35(39(23)49)27-9-5-7-11-29(27)45(37)3)51-33(47)13-14-34(48)52-32-18-24(16-26-20-42-22-44(26)2)40(50)36-28-10-6-8-12-30(28)46(4)38(32)36/h5-14,19-20,23-24,31-32,41-42H,15-18,21-22H2,1-4H3/b14-13-. The number of nitrogens with zero attached hydrogens (tertiary/aromatic N) is 4. The number of ether oxygens (including phenoxy) is 2. The average Bonchev–Trinajstić information content (AvgIpc) is 3.89. The summed E-state index contributed by atoms with van der Waals surface area (Å²) in [5.74, 6) is -2.16. The molecule has 4 aliphatic rings. The lowest BCUT2D eigenvalue weighted by Gasteiger charge is -2.30. The third-order valence-electron chi connectivity index (χ3n) is 11.1. The molecule has 12 nitrogen and oxygen atoms in total. The Morgan fingerprint density at radius 3 is 1.46 bits per heavy atom. The van der Waals surface area contributed by atoms with E-state index in [9.17, 15) is 19.2 Å². The lowest BCUT2D eigenvalue weighted by molar-refractivity contribution is -0.147. The molecular formula is C40H42N6O6. The van der Waals surface area contributed by atoms with Gasteiger partial charge in [0.1, 0.15) is 12.2 Å². The highest BCUT2D eigenvalue weighted by Crippen LogP contribution is 2.44. The van der Waals surface area contributed by atoms with E-state index in [0.29, 0.717) is 61.5 Å². The topological polar surface area (TPSA) is 127 Å². The molecule has 0 spiro atoms. The van der Waals surface area contributed by atoms with Crippen LogP contribution >= 0.6 is 0 Å². The van der Waals surface area contributed by atoms with E-state index in [1.165, 1.54) is 0 Å². The largest absolute Gasteiger partial charge is 0.453 e. The molecule has 52 heavy (non-hydrogen) atoms. The van der Waals surface area contributed by atoms with Crippen LogP contribution in [-0.4, -0.2) is 69.9 Å². The molecule has 0 fully saturated rings. The maximum atomic E-state index is 14.0. The average molecular weight is 703 g/mol. The first kappa shape index (κ1) is 33.4. The Labute approximate surface area is 301 Å². The first-order valence-electron chi connectivity index (χ1n) is 17.7. The summed E-state index contributed by atoms with van der Waals surface area (Å²) < 4.78 is 15.9. The Morgan fingerprint density at radius 1 is 0.673 bits per heavy atom. The van der Waals surface area contributed by atoms with Crippen LogP contribution in [0.3, 0.4) is 0 Å². The molecule has 0 saturated heterocycles. The highest BCUT2D eigenvalue weighted by Gasteiger charge is 2.42. The predicted octanol–water partition coefficient (Wildman–Crippen LogP) is 4.95. The van der Waals surface area contributed by atoms with Gasteiger partial charge in [0.05, 0.1) is 35.9 Å². The number of hydrogen-bond acceptors (Lipinski definition) is 10. The van der Waals surface area contributed by atoms with Crippen molar-refractivity contribution in [2.75, 3.05) is 27.4 Å². The van der Waals surface area contributed by atoms with E-state index >= 15 is 0 Å². The van der Waals surface area contributed by atoms with Gasteiger partial charge in [-0.3, -0.25) is 9.59 Å². The van der Waals surface area contributed by atoms with Gasteiger partial charge in [-0.15, -0.1) is 0 Å². The quantitative estimate of drug-likeness (QED) is 0.193. The molecular weight excluding hydrogens is 660 g/mol. The van der Waals surface area contributed by atoms with Crippen molar-refractivity contribution < 1.29 is 28.7 Å². The second-order valence-corrected chi connectivity index (χ2v) is 14.3. The number of fused-ring (bicyclic) bond motifs is 6. The monoisotopic (exact) mass is 702 g/mol. The van der Waals surface area contributed by atoms with Crippen molar-refractivity contribution in [3.63, 3.8) is 0 Å². The normalized spacial score (nSPS) is 22.7. The minimum absolute atomic E-state index is 0.0310. The Kier molecular flexibility index (Phi) is 8.39. The molecule has 4 unspecified atom stereocenters. The van der Waals surface area contributed by atoms with Crippen LogP contribution in [0.15, 0.2) is 84.5 Å². The smallest absolute Gasteiger partial charge is 0.331 e. The summed E-state index contributed by atoms with van der Waals surface area (Å²) in [5, 5.41) is 8.05. The molecule has 8 rings (SSSR count). The lowest BCUT2D eigenvalue weighted by atomic mass is 9.80. The van der Waals surface area contributed by atoms with Crippen molar-refractivity contribution in [3.8, 4) is 0 Å². The van der Waals surface area contributed by atoms with Crippen LogP contribution in [0.1, 0.15) is 70.0 Å². The third-order valence-corrected chi connectivity index (χ3v) is 11.1. The molecule has 0 radical (unpaired) electrons. The minimum Gasteiger partial charge on any atom is -0.453 e. The lowest BCUT2D eigenvalue weighted by Crippen LogP contribution is -2.31. The van der Waals surface area contributed by atoms with Crippen LogP contribution in [0, 0.1) is 11.8 Å². The fourth-order valence-corrected chi connectivity index (χ4v) is 8.47. The number of aromatic nitrogens is 2. The van der Waals surface area contributed by atoms with Crippen LogP contribution < -0.4 is 10.6 Å². The second kappa shape index (κ2) is 13.1. The van der Waals surface area contributed by atoms with Gasteiger partial charge in [0.2, 0.25) is 0 Å². The van der Waals surface area contributed by atoms with Crippen LogP contribution in [-0.2, 0) is 33.2 Å². The Balaban J connectivity index is 1.03. The van der Waals surface area contributed by atoms with Crippen molar-refractivity contribution in [2.45, 2.75) is 37.9 Å². The van der Waals surface area contributed by atoms with E-state index < -0.39 is 36.0 Å². The molecule has 0 bridgehead atoms. The molecule has 268 valence electrons. The molecule has 2 N–H and O–H groups in total. The minimum atomic E-state index is -0.712. The highest BCUT2D eigenvalue weighted by molar-refractivity contribution is 6.12. The van der Waals surface area contributed by atoms with Gasteiger partial charge >= 0.3 is 11.9 Å². The molecule has 2 aromatic carbocycles. The number of hydrogen-bond donors (Lipinski definition) is 2. The van der Waals surface area contributed by atoms with Crippen molar-refractivity contribution in [2.24, 2.45) is 25.9 Å². The van der Waals surface area contributed by atoms with Crippen LogP contribution in [0.5, 0.6) is 0 Å². The zero-order valence-electron chi connectivity index (χ0n) is 29.7. The van der Waals surface area contributed by atoms with Gasteiger partial charge in [-0.05, 0) is 25.0 Å². The van der Waals surface area contributed by atoms with E-state index in [-0.39, 0.29) is 11.6 Å². The summed E-state index contributed by atoms with van der Waals surface area (Å²) in [6, 6.07) is 15.4. The number of carbonyl (C=O) groups excluding carboxylic acids is 4. The maximum Gasteiger partial charge on any atom is 0.331 e. The van der Waals surface area contributed by atoms with Crippen LogP contribution in [0.25, 0.3) is 21.8 Å². The molecule has 12 heteroatoms. The molecule has 4 heterocycles. The number of esters is 2. The number of ketones is 2. The second-order valence-electron chi connectivity index (χ2n) is 14.3. The zero-order chi connectivity index (χ0) is 36.3. The molecule has 2 aromatic heterocycles. The predicted molar refractivity (Wildman–Crippen MR) is 194 cm³/mol. The van der Waals surface area contributed by atoms with E-state index in [1.807, 2.05) is 98.3 Å². The number of Topliss-reactive ketones (excluding diaryl/α,β-unsaturated/α-hetero) is 2. The van der Waals surface area contributed by atoms with Gasteiger partial charge in [-0.25, -0.2) is 9.59 Å². The number of para-hydroxylation sites is 2. The number of aryl methyl sites for hydroxylation is 2. The third kappa shape index (κ3) is 5.62. The summed E-state index contributed by atoms with van der Waals surface area (Å²) in [7, 11) is 7.70. The molecule has 2 aliphatic carbocycles. The summed E-state index contributed by atoms with van der Waals surface area (Å²) >= 11 is 0. The molecule has 2 aliphatic heterocycles. The number of benzene rings is 2. The number of nitrogens with one attached hydrogen (secondary N) is 2. The summed E-state index contributed by atoms with van der Waals surface area (Å²) in [6.45, 7) is 1.34. The van der Waals surface area contributed by atoms with E-state index in [0.717, 1.165) is 45.4 Å². The molecule has 0 saturated carbocycles. The van der Waals surface area contributed by atoms with Crippen LogP contribution in [0.4, 0.5) is 0 Å². The fourth-order valence-electron chi connectivity index (χ4n) is 8.47. The SMILES string of the molecule is CN1CNC=C1CC1CC(OC(=O)/C=C\C(=O)OC2CC(CC3=CNCN3C)C(=O)c3c2n(C)c2ccccc32)c2c(c3ccccc3n2C)C1=O. The summed E-state index contributed by atoms with van der Waals surface area (Å²) in [5.41, 5.74) is 6.24. The van der Waals surface area contributed by atoms with Gasteiger partial charge < -0.3 is 39.0 Å². The van der Waals surface area contributed by atoms with Gasteiger partial charge in [0.15, 0.2) is 11.6 Å². The van der Waals surface area contributed by atoms with Crippen molar-refractivity contribution in [1.29, 1.82) is 0 Å². The van der Waals surface area contributed by atoms with E-state index in [1.54, 1.807) is 0 Å². The Morgan fingerprint density at radius 2 is 1.08 bits per heavy atom. The molecule has 0 amide bonds. The van der Waals surface area contributed by atoms with Crippen molar-refractivity contribution in [3.05, 3.63) is 107 Å². The van der Waals surface area contributed by atoms with E-state index in [4.69, 9.17) is 9.47 Å². The van der Waals surface area contributed by atoms with Gasteiger partial charge in [0.25, 0.3) is 0 Å². The van der Waals surface area contributed by atoms with E-state index in [2.05, 4.69) is 20.4 Å². The Hall–Kier alpha value is -5.78. The Bertz CT molecular complexity index is 2090. The number of carbonyl (C=O) groups is 4. The van der Waals surface area contributed by atoms with Crippen LogP contribution in [0.2, 0.25) is 0 Å². The molecule has 4 aromatic rings. The molecule has 4 atom stereocenters. The van der Waals surface area contributed by atoms with Gasteiger partial charge in [-0.1, -0.05) is 36.4 Å². The maximum absolute atomic E-state index is 14.0. The van der Waals surface area contributed by atoms with Gasteiger partial charge in [-0.2, -0.15) is 0 Å². The van der Waals surface area contributed by atoms with Gasteiger partial charge in [0, 0.05) is 111 Å². The highest BCUT2D eigenvalue weighted by atomic mass is 16.5. The van der Waals surface area contributed by atoms with Crippen molar-refractivity contribution in [1.82, 2.24) is 29.6 Å². The number of rotatable bonds is 8. The fraction of sp³-hybridized carbons (Fsp3) is 0.350. The zero-order valence-corrected chi connectivity index (χ0v) is 29.7.